The van der Waals surface area contributed by atoms with Crippen LogP contribution in [0.4, 0.5) is 21.7 Å². The average Bonchev–Trinajstić information content (AvgIpc) is 2.47. The summed E-state index contributed by atoms with van der Waals surface area (Å²) in [4.78, 5) is 10.8. The van der Waals surface area contributed by atoms with Crippen molar-refractivity contribution < 1.29 is 4.39 Å². The molecule has 0 unspecified atom stereocenters. The molecule has 116 valence electrons. The van der Waals surface area contributed by atoms with Crippen molar-refractivity contribution in [2.45, 2.75) is 25.7 Å². The smallest absolute Gasteiger partial charge is 0.226 e. The first-order valence-electron chi connectivity index (χ1n) is 7.21. The average molecular weight is 321 g/mol. The van der Waals surface area contributed by atoms with Crippen molar-refractivity contribution in [3.8, 4) is 0 Å². The van der Waals surface area contributed by atoms with Crippen molar-refractivity contribution >= 4 is 28.9 Å². The quantitative estimate of drug-likeness (QED) is 0.845. The highest BCUT2D eigenvalue weighted by atomic mass is 35.5. The van der Waals surface area contributed by atoms with Gasteiger partial charge in [-0.25, -0.2) is 9.37 Å². The zero-order valence-corrected chi connectivity index (χ0v) is 13.6. The molecule has 3 rings (SSSR count). The first-order chi connectivity index (χ1) is 10.4. The summed E-state index contributed by atoms with van der Waals surface area (Å²) in [5.41, 5.74) is 1.87. The van der Waals surface area contributed by atoms with Crippen LogP contribution in [0.2, 0.25) is 5.28 Å². The lowest BCUT2D eigenvalue weighted by molar-refractivity contribution is 0.463. The maximum atomic E-state index is 13.2. The number of nitrogens with one attached hydrogen (secondary N) is 1. The van der Waals surface area contributed by atoms with Crippen molar-refractivity contribution in [1.82, 2.24) is 9.97 Å². The Labute approximate surface area is 134 Å². The number of hydrogen-bond donors (Lipinski definition) is 1. The van der Waals surface area contributed by atoms with Crippen molar-refractivity contribution in [3.63, 3.8) is 0 Å². The molecular weight excluding hydrogens is 303 g/mol. The van der Waals surface area contributed by atoms with Crippen molar-refractivity contribution in [2.24, 2.45) is 0 Å². The Morgan fingerprint density at radius 3 is 2.55 bits per heavy atom. The van der Waals surface area contributed by atoms with Gasteiger partial charge in [-0.1, -0.05) is 13.8 Å². The third-order valence-corrected chi connectivity index (χ3v) is 4.30. The normalized spacial score (nSPS) is 16.3. The number of aromatic nitrogens is 2. The molecule has 22 heavy (non-hydrogen) atoms. The predicted octanol–water partition coefficient (Wildman–Crippen LogP) is 4.13. The van der Waals surface area contributed by atoms with Gasteiger partial charge in [0.25, 0.3) is 0 Å². The van der Waals surface area contributed by atoms with Gasteiger partial charge in [-0.2, -0.15) is 4.98 Å². The summed E-state index contributed by atoms with van der Waals surface area (Å²) >= 11 is 6.08. The number of nitrogens with zero attached hydrogens (tertiary/aromatic N) is 3. The third kappa shape index (κ3) is 2.50. The van der Waals surface area contributed by atoms with Crippen LogP contribution >= 0.6 is 11.6 Å². The van der Waals surface area contributed by atoms with Gasteiger partial charge in [0.15, 0.2) is 0 Å². The highest BCUT2D eigenvalue weighted by Gasteiger charge is 2.36. The molecule has 1 aromatic heterocycles. The lowest BCUT2D eigenvalue weighted by Gasteiger charge is -2.39. The van der Waals surface area contributed by atoms with E-state index in [1.54, 1.807) is 12.1 Å². The van der Waals surface area contributed by atoms with Crippen molar-refractivity contribution in [3.05, 3.63) is 40.9 Å². The van der Waals surface area contributed by atoms with E-state index in [1.807, 2.05) is 7.05 Å². The Balaban J connectivity index is 2.18. The molecule has 1 N–H and O–H groups in total. The van der Waals surface area contributed by atoms with Gasteiger partial charge < -0.3 is 10.2 Å². The molecule has 0 spiro atoms. The van der Waals surface area contributed by atoms with Gasteiger partial charge in [0.1, 0.15) is 17.5 Å². The summed E-state index contributed by atoms with van der Waals surface area (Å²) in [6.07, 6.45) is 0.942. The maximum Gasteiger partial charge on any atom is 0.226 e. The first-order valence-corrected chi connectivity index (χ1v) is 7.59. The van der Waals surface area contributed by atoms with Gasteiger partial charge in [-0.05, 0) is 47.7 Å². The molecule has 0 fully saturated rings. The van der Waals surface area contributed by atoms with Crippen LogP contribution in [-0.4, -0.2) is 23.6 Å². The summed E-state index contributed by atoms with van der Waals surface area (Å²) in [7, 11) is 1.83. The second-order valence-corrected chi connectivity index (χ2v) is 6.39. The molecule has 1 aliphatic rings. The molecule has 1 aromatic carbocycles. The molecule has 0 amide bonds. The summed E-state index contributed by atoms with van der Waals surface area (Å²) in [6.45, 7) is 5.14. The number of benzene rings is 1. The van der Waals surface area contributed by atoms with E-state index in [-0.39, 0.29) is 16.5 Å². The minimum atomic E-state index is -0.252. The standard InChI is InChI=1S/C16H18ClFN4/c1-16(2)8-9-22(11-6-4-10(18)5-7-11)14-12(16)13(19-3)20-15(17)21-14/h4-7H,8-9H2,1-3H3,(H,19,20,21). The lowest BCUT2D eigenvalue weighted by atomic mass is 9.79. The van der Waals surface area contributed by atoms with Crippen LogP contribution in [0.3, 0.4) is 0 Å². The van der Waals surface area contributed by atoms with E-state index in [4.69, 9.17) is 11.6 Å². The molecule has 1 aliphatic heterocycles. The summed E-state index contributed by atoms with van der Waals surface area (Å²) in [5, 5.41) is 3.31. The van der Waals surface area contributed by atoms with E-state index in [0.717, 1.165) is 35.9 Å². The molecule has 0 aliphatic carbocycles. The molecule has 2 heterocycles. The SMILES string of the molecule is CNc1nc(Cl)nc2c1C(C)(C)CCN2c1ccc(F)cc1. The van der Waals surface area contributed by atoms with E-state index in [1.165, 1.54) is 12.1 Å². The zero-order chi connectivity index (χ0) is 15.9. The minimum Gasteiger partial charge on any atom is -0.373 e. The second kappa shape index (κ2) is 5.39. The number of fused-ring (bicyclic) bond motifs is 1. The minimum absolute atomic E-state index is 0.0607. The highest BCUT2D eigenvalue weighted by molar-refractivity contribution is 6.28. The predicted molar refractivity (Wildman–Crippen MR) is 87.6 cm³/mol. The van der Waals surface area contributed by atoms with Crippen LogP contribution in [0, 0.1) is 5.82 Å². The number of anilines is 3. The van der Waals surface area contributed by atoms with Gasteiger partial charge in [-0.3, -0.25) is 0 Å². The van der Waals surface area contributed by atoms with E-state index in [0.29, 0.717) is 0 Å². The van der Waals surface area contributed by atoms with Crippen LogP contribution < -0.4 is 10.2 Å². The molecule has 4 nitrogen and oxygen atoms in total. The largest absolute Gasteiger partial charge is 0.373 e. The van der Waals surface area contributed by atoms with Crippen molar-refractivity contribution in [2.75, 3.05) is 23.8 Å². The van der Waals surface area contributed by atoms with Gasteiger partial charge in [0.2, 0.25) is 5.28 Å². The molecule has 0 bridgehead atoms. The summed E-state index contributed by atoms with van der Waals surface area (Å²) in [5.74, 6) is 1.27. The third-order valence-electron chi connectivity index (χ3n) is 4.13. The number of rotatable bonds is 2. The van der Waals surface area contributed by atoms with Gasteiger partial charge in [0.05, 0.1) is 0 Å². The first kappa shape index (κ1) is 15.0. The number of hydrogen-bond acceptors (Lipinski definition) is 4. The molecule has 0 radical (unpaired) electrons. The Morgan fingerprint density at radius 2 is 1.91 bits per heavy atom. The molecule has 6 heteroatoms. The Hall–Kier alpha value is -1.88. The monoisotopic (exact) mass is 320 g/mol. The van der Waals surface area contributed by atoms with Crippen LogP contribution in [0.1, 0.15) is 25.8 Å². The van der Waals surface area contributed by atoms with Crippen molar-refractivity contribution in [1.29, 1.82) is 0 Å². The topological polar surface area (TPSA) is 41.1 Å². The van der Waals surface area contributed by atoms with Crippen LogP contribution in [-0.2, 0) is 5.41 Å². The molecular formula is C16H18ClFN4. The fourth-order valence-electron chi connectivity index (χ4n) is 2.92. The van der Waals surface area contributed by atoms with E-state index in [2.05, 4.69) is 34.0 Å². The van der Waals surface area contributed by atoms with Crippen LogP contribution in [0.15, 0.2) is 24.3 Å². The second-order valence-electron chi connectivity index (χ2n) is 6.05. The highest BCUT2D eigenvalue weighted by Crippen LogP contribution is 2.45. The van der Waals surface area contributed by atoms with Gasteiger partial charge in [0, 0.05) is 24.8 Å². The summed E-state index contributed by atoms with van der Waals surface area (Å²) < 4.78 is 13.2. The van der Waals surface area contributed by atoms with Crippen LogP contribution in [0.5, 0.6) is 0 Å². The van der Waals surface area contributed by atoms with Gasteiger partial charge in [-0.15, -0.1) is 0 Å². The Morgan fingerprint density at radius 1 is 1.23 bits per heavy atom. The lowest BCUT2D eigenvalue weighted by Crippen LogP contribution is -2.36. The number of halogens is 2. The Bertz CT molecular complexity index is 700. The Kier molecular flexibility index (Phi) is 3.68. The fraction of sp³-hybridized carbons (Fsp3) is 0.375. The van der Waals surface area contributed by atoms with Gasteiger partial charge >= 0.3 is 0 Å². The summed E-state index contributed by atoms with van der Waals surface area (Å²) in [6, 6.07) is 6.42. The molecule has 0 saturated heterocycles. The maximum absolute atomic E-state index is 13.2. The van der Waals surface area contributed by atoms with Crippen LogP contribution in [0.25, 0.3) is 0 Å². The molecule has 0 saturated carbocycles. The zero-order valence-electron chi connectivity index (χ0n) is 12.8. The van der Waals surface area contributed by atoms with E-state index in [9.17, 15) is 4.39 Å². The fourth-order valence-corrected chi connectivity index (χ4v) is 3.08. The van der Waals surface area contributed by atoms with E-state index < -0.39 is 0 Å². The molecule has 2 aromatic rings. The molecule has 0 atom stereocenters. The van der Waals surface area contributed by atoms with E-state index >= 15 is 0 Å².